The van der Waals surface area contributed by atoms with Crippen molar-refractivity contribution in [3.63, 3.8) is 0 Å². The fraction of sp³-hybridized carbons (Fsp3) is 0.417. The van der Waals surface area contributed by atoms with E-state index in [0.717, 1.165) is 6.08 Å². The lowest BCUT2D eigenvalue weighted by atomic mass is 10.4. The summed E-state index contributed by atoms with van der Waals surface area (Å²) < 4.78 is 15.4. The van der Waals surface area contributed by atoms with Crippen LogP contribution >= 0.6 is 0 Å². The average molecular weight is 226 g/mol. The molecule has 0 heterocycles. The van der Waals surface area contributed by atoms with Crippen LogP contribution < -0.4 is 0 Å². The second-order valence-electron chi connectivity index (χ2n) is 2.90. The van der Waals surface area contributed by atoms with Crippen molar-refractivity contribution in [1.82, 2.24) is 0 Å². The summed E-state index contributed by atoms with van der Waals surface area (Å²) in [4.78, 5) is 10.8. The lowest BCUT2D eigenvalue weighted by Gasteiger charge is -2.16. The Morgan fingerprint density at radius 3 is 2.38 bits per heavy atom. The first-order chi connectivity index (χ1) is 7.74. The molecule has 0 aromatic heterocycles. The van der Waals surface area contributed by atoms with E-state index in [1.165, 1.54) is 0 Å². The molecule has 0 N–H and O–H groups in total. The second-order valence-corrected chi connectivity index (χ2v) is 2.90. The summed E-state index contributed by atoms with van der Waals surface area (Å²) in [5.41, 5.74) is 0. The minimum atomic E-state index is -0.476. The number of carbonyl (C=O) groups excluding carboxylic acids is 1. The van der Waals surface area contributed by atoms with Crippen LogP contribution in [0.4, 0.5) is 0 Å². The van der Waals surface area contributed by atoms with E-state index in [1.807, 2.05) is 0 Å². The van der Waals surface area contributed by atoms with Gasteiger partial charge in [0.25, 0.3) is 0 Å². The molecule has 1 unspecified atom stereocenters. The molecule has 0 saturated heterocycles. The van der Waals surface area contributed by atoms with E-state index in [0.29, 0.717) is 19.8 Å². The molecule has 0 spiro atoms. The van der Waals surface area contributed by atoms with Gasteiger partial charge in [-0.15, -0.1) is 13.2 Å². The van der Waals surface area contributed by atoms with Crippen LogP contribution in [-0.4, -0.2) is 38.5 Å². The molecule has 0 amide bonds. The SMILES string of the molecule is C=CCOCC(COC(=O)C=C)OCC=C. The maximum atomic E-state index is 10.8. The van der Waals surface area contributed by atoms with Crippen LogP contribution in [0.3, 0.4) is 0 Å². The van der Waals surface area contributed by atoms with Gasteiger partial charge in [-0.05, 0) is 0 Å². The van der Waals surface area contributed by atoms with Gasteiger partial charge in [0.1, 0.15) is 12.7 Å². The van der Waals surface area contributed by atoms with Crippen LogP contribution in [0.1, 0.15) is 0 Å². The second kappa shape index (κ2) is 10.1. The predicted octanol–water partition coefficient (Wildman–Crippen LogP) is 1.49. The third kappa shape index (κ3) is 7.96. The molecule has 16 heavy (non-hydrogen) atoms. The summed E-state index contributed by atoms with van der Waals surface area (Å²) in [5, 5.41) is 0. The van der Waals surface area contributed by atoms with E-state index >= 15 is 0 Å². The van der Waals surface area contributed by atoms with E-state index in [1.54, 1.807) is 12.2 Å². The highest BCUT2D eigenvalue weighted by Crippen LogP contribution is 1.97. The van der Waals surface area contributed by atoms with E-state index in [-0.39, 0.29) is 12.7 Å². The van der Waals surface area contributed by atoms with Gasteiger partial charge in [0, 0.05) is 6.08 Å². The van der Waals surface area contributed by atoms with Gasteiger partial charge >= 0.3 is 5.97 Å². The third-order valence-corrected chi connectivity index (χ3v) is 1.57. The average Bonchev–Trinajstić information content (AvgIpc) is 2.31. The van der Waals surface area contributed by atoms with Gasteiger partial charge in [0.2, 0.25) is 0 Å². The minimum Gasteiger partial charge on any atom is -0.460 e. The quantitative estimate of drug-likeness (QED) is 0.245. The van der Waals surface area contributed by atoms with Crippen molar-refractivity contribution in [3.8, 4) is 0 Å². The van der Waals surface area contributed by atoms with E-state index in [2.05, 4.69) is 19.7 Å². The van der Waals surface area contributed by atoms with Crippen molar-refractivity contribution in [3.05, 3.63) is 38.0 Å². The standard InChI is InChI=1S/C12H18O4/c1-4-7-14-9-11(15-8-5-2)10-16-12(13)6-3/h4-6,11H,1-3,7-10H2. The first-order valence-electron chi connectivity index (χ1n) is 4.95. The molecule has 0 aromatic carbocycles. The first kappa shape index (κ1) is 14.6. The zero-order chi connectivity index (χ0) is 12.2. The Labute approximate surface area is 96.2 Å². The lowest BCUT2D eigenvalue weighted by molar-refractivity contribution is -0.143. The van der Waals surface area contributed by atoms with Gasteiger partial charge in [-0.1, -0.05) is 18.7 Å². The highest BCUT2D eigenvalue weighted by Gasteiger charge is 2.10. The topological polar surface area (TPSA) is 44.8 Å². The monoisotopic (exact) mass is 226 g/mol. The molecule has 0 aliphatic rings. The molecule has 4 nitrogen and oxygen atoms in total. The lowest BCUT2D eigenvalue weighted by Crippen LogP contribution is -2.27. The zero-order valence-electron chi connectivity index (χ0n) is 9.39. The minimum absolute atomic E-state index is 0.135. The van der Waals surface area contributed by atoms with Gasteiger partial charge in [0.05, 0.1) is 19.8 Å². The Kier molecular flexibility index (Phi) is 9.26. The molecule has 0 fully saturated rings. The first-order valence-corrected chi connectivity index (χ1v) is 4.95. The van der Waals surface area contributed by atoms with Gasteiger partial charge in [-0.25, -0.2) is 4.79 Å². The zero-order valence-corrected chi connectivity index (χ0v) is 9.39. The molecule has 90 valence electrons. The fourth-order valence-corrected chi connectivity index (χ4v) is 0.865. The molecular formula is C12H18O4. The Hall–Kier alpha value is -1.39. The van der Waals surface area contributed by atoms with Crippen molar-refractivity contribution in [2.45, 2.75) is 6.10 Å². The Morgan fingerprint density at radius 1 is 1.12 bits per heavy atom. The fourth-order valence-electron chi connectivity index (χ4n) is 0.865. The number of hydrogen-bond donors (Lipinski definition) is 0. The van der Waals surface area contributed by atoms with Crippen molar-refractivity contribution >= 4 is 5.97 Å². The van der Waals surface area contributed by atoms with Gasteiger partial charge in [0.15, 0.2) is 0 Å². The summed E-state index contributed by atoms with van der Waals surface area (Å²) in [6, 6.07) is 0. The summed E-state index contributed by atoms with van der Waals surface area (Å²) in [7, 11) is 0. The van der Waals surface area contributed by atoms with E-state index in [4.69, 9.17) is 14.2 Å². The van der Waals surface area contributed by atoms with Gasteiger partial charge in [-0.2, -0.15) is 0 Å². The molecule has 0 saturated carbocycles. The van der Waals surface area contributed by atoms with Crippen molar-refractivity contribution < 1.29 is 19.0 Å². The normalized spacial score (nSPS) is 11.5. The predicted molar refractivity (Wildman–Crippen MR) is 62.1 cm³/mol. The number of ether oxygens (including phenoxy) is 3. The molecule has 1 atom stereocenters. The molecule has 4 heteroatoms. The Morgan fingerprint density at radius 2 is 1.81 bits per heavy atom. The Bertz CT molecular complexity index is 235. The number of carbonyl (C=O) groups is 1. The largest absolute Gasteiger partial charge is 0.460 e. The highest BCUT2D eigenvalue weighted by atomic mass is 16.6. The summed E-state index contributed by atoms with van der Waals surface area (Å²) in [6.45, 7) is 11.7. The molecule has 0 rings (SSSR count). The molecular weight excluding hydrogens is 208 g/mol. The number of esters is 1. The Balaban J connectivity index is 3.87. The van der Waals surface area contributed by atoms with Crippen molar-refractivity contribution in [2.24, 2.45) is 0 Å². The van der Waals surface area contributed by atoms with Crippen LogP contribution in [0.5, 0.6) is 0 Å². The molecule has 0 bridgehead atoms. The number of rotatable bonds is 10. The highest BCUT2D eigenvalue weighted by molar-refractivity contribution is 5.81. The maximum Gasteiger partial charge on any atom is 0.330 e. The third-order valence-electron chi connectivity index (χ3n) is 1.57. The molecule has 0 aliphatic carbocycles. The van der Waals surface area contributed by atoms with E-state index in [9.17, 15) is 4.79 Å². The number of hydrogen-bond acceptors (Lipinski definition) is 4. The van der Waals surface area contributed by atoms with Crippen LogP contribution in [0, 0.1) is 0 Å². The van der Waals surface area contributed by atoms with Crippen molar-refractivity contribution in [2.75, 3.05) is 26.4 Å². The van der Waals surface area contributed by atoms with Crippen LogP contribution in [-0.2, 0) is 19.0 Å². The van der Waals surface area contributed by atoms with Crippen LogP contribution in [0.15, 0.2) is 38.0 Å². The van der Waals surface area contributed by atoms with Crippen LogP contribution in [0.2, 0.25) is 0 Å². The summed E-state index contributed by atoms with van der Waals surface area (Å²) in [5.74, 6) is -0.476. The van der Waals surface area contributed by atoms with Crippen molar-refractivity contribution in [1.29, 1.82) is 0 Å². The summed E-state index contributed by atoms with van der Waals surface area (Å²) >= 11 is 0. The smallest absolute Gasteiger partial charge is 0.330 e. The molecule has 0 aromatic rings. The maximum absolute atomic E-state index is 10.8. The van der Waals surface area contributed by atoms with Gasteiger partial charge in [-0.3, -0.25) is 0 Å². The van der Waals surface area contributed by atoms with Gasteiger partial charge < -0.3 is 14.2 Å². The van der Waals surface area contributed by atoms with E-state index < -0.39 is 5.97 Å². The molecule has 0 aliphatic heterocycles. The van der Waals surface area contributed by atoms with Crippen LogP contribution in [0.25, 0.3) is 0 Å². The summed E-state index contributed by atoms with van der Waals surface area (Å²) in [6.07, 6.45) is 4.06. The molecule has 0 radical (unpaired) electrons.